The number of halogens is 1. The molecule has 7 heteroatoms. The van der Waals surface area contributed by atoms with Crippen molar-refractivity contribution in [1.29, 1.82) is 0 Å². The molecule has 1 aliphatic rings. The summed E-state index contributed by atoms with van der Waals surface area (Å²) in [5.74, 6) is 1.74. The summed E-state index contributed by atoms with van der Waals surface area (Å²) in [5, 5.41) is 6.75. The van der Waals surface area contributed by atoms with Crippen LogP contribution >= 0.6 is 24.0 Å². The highest BCUT2D eigenvalue weighted by Crippen LogP contribution is 2.15. The minimum Gasteiger partial charge on any atom is -0.492 e. The van der Waals surface area contributed by atoms with E-state index in [1.54, 1.807) is 0 Å². The lowest BCUT2D eigenvalue weighted by Crippen LogP contribution is -2.38. The highest BCUT2D eigenvalue weighted by Gasteiger charge is 2.17. The minimum atomic E-state index is 0. The van der Waals surface area contributed by atoms with Crippen molar-refractivity contribution in [2.45, 2.75) is 38.8 Å². The third-order valence-electron chi connectivity index (χ3n) is 5.74. The Kier molecular flexibility index (Phi) is 13.2. The highest BCUT2D eigenvalue weighted by molar-refractivity contribution is 14.0. The molecule has 33 heavy (non-hydrogen) atoms. The van der Waals surface area contributed by atoms with Gasteiger partial charge in [0.25, 0.3) is 0 Å². The maximum atomic E-state index is 6.02. The van der Waals surface area contributed by atoms with Crippen molar-refractivity contribution in [3.63, 3.8) is 0 Å². The number of guanidine groups is 1. The summed E-state index contributed by atoms with van der Waals surface area (Å²) in [7, 11) is 2.18. The van der Waals surface area contributed by atoms with Crippen LogP contribution < -0.4 is 15.4 Å². The Morgan fingerprint density at radius 3 is 2.58 bits per heavy atom. The third-order valence-corrected chi connectivity index (χ3v) is 5.74. The van der Waals surface area contributed by atoms with E-state index in [1.807, 2.05) is 18.2 Å². The van der Waals surface area contributed by atoms with Crippen LogP contribution in [0.3, 0.4) is 0 Å². The Morgan fingerprint density at radius 2 is 1.82 bits per heavy atom. The number of nitrogens with zero attached hydrogens (tertiary/aromatic N) is 2. The van der Waals surface area contributed by atoms with Crippen LogP contribution in [0.1, 0.15) is 30.9 Å². The van der Waals surface area contributed by atoms with Crippen molar-refractivity contribution < 1.29 is 9.47 Å². The van der Waals surface area contributed by atoms with E-state index >= 15 is 0 Å². The van der Waals surface area contributed by atoms with E-state index in [2.05, 4.69) is 65.9 Å². The number of ether oxygens (including phenoxy) is 2. The van der Waals surface area contributed by atoms with Crippen LogP contribution in [0.15, 0.2) is 59.6 Å². The number of benzene rings is 2. The first-order chi connectivity index (χ1) is 15.7. The van der Waals surface area contributed by atoms with Gasteiger partial charge in [0, 0.05) is 38.9 Å². The van der Waals surface area contributed by atoms with Gasteiger partial charge in [0.05, 0.1) is 6.54 Å². The van der Waals surface area contributed by atoms with Crippen LogP contribution in [0.5, 0.6) is 5.75 Å². The number of hydrogen-bond donors (Lipinski definition) is 2. The fourth-order valence-corrected chi connectivity index (χ4v) is 3.83. The standard InChI is InChI=1S/C26H38N4O2.HI/c1-3-27-26(28-15-12-22-8-5-4-6-9-22)29-21-23-10-7-11-25(20-23)32-19-16-30(2)24-13-17-31-18-14-24;/h4-11,20,24H,3,12-19,21H2,1-2H3,(H2,27,28,29);1H. The quantitative estimate of drug-likeness (QED) is 0.244. The zero-order valence-corrected chi connectivity index (χ0v) is 22.3. The molecular weight excluding hydrogens is 527 g/mol. The average molecular weight is 567 g/mol. The van der Waals surface area contributed by atoms with Gasteiger partial charge in [-0.2, -0.15) is 0 Å². The maximum Gasteiger partial charge on any atom is 0.191 e. The topological polar surface area (TPSA) is 58.1 Å². The van der Waals surface area contributed by atoms with Crippen LogP contribution in [0.4, 0.5) is 0 Å². The predicted molar refractivity (Wildman–Crippen MR) is 147 cm³/mol. The second kappa shape index (κ2) is 15.9. The molecule has 1 aliphatic heterocycles. The summed E-state index contributed by atoms with van der Waals surface area (Å²) in [6.45, 7) is 7.72. The number of likely N-dealkylation sites (N-methyl/N-ethyl adjacent to an activating group) is 1. The van der Waals surface area contributed by atoms with Crippen molar-refractivity contribution in [1.82, 2.24) is 15.5 Å². The zero-order valence-electron chi connectivity index (χ0n) is 20.0. The summed E-state index contributed by atoms with van der Waals surface area (Å²) in [6, 6.07) is 19.3. The Hall–Kier alpha value is -1.84. The first-order valence-corrected chi connectivity index (χ1v) is 11.8. The molecule has 2 aromatic carbocycles. The van der Waals surface area contributed by atoms with Crippen LogP contribution in [0, 0.1) is 0 Å². The lowest BCUT2D eigenvalue weighted by molar-refractivity contribution is 0.0392. The number of rotatable bonds is 11. The Labute approximate surface area is 216 Å². The van der Waals surface area contributed by atoms with Gasteiger partial charge in [-0.05, 0) is 56.5 Å². The molecule has 0 spiro atoms. The van der Waals surface area contributed by atoms with E-state index in [0.717, 1.165) is 69.4 Å². The van der Waals surface area contributed by atoms with Gasteiger partial charge in [0.15, 0.2) is 5.96 Å². The molecule has 6 nitrogen and oxygen atoms in total. The molecule has 0 aliphatic carbocycles. The second-order valence-electron chi connectivity index (χ2n) is 8.18. The molecule has 0 amide bonds. The molecule has 0 bridgehead atoms. The molecule has 1 heterocycles. The van der Waals surface area contributed by atoms with Crippen molar-refractivity contribution in [3.05, 3.63) is 65.7 Å². The van der Waals surface area contributed by atoms with Gasteiger partial charge >= 0.3 is 0 Å². The van der Waals surface area contributed by atoms with Crippen LogP contribution in [0.25, 0.3) is 0 Å². The molecule has 182 valence electrons. The van der Waals surface area contributed by atoms with Gasteiger partial charge in [-0.3, -0.25) is 4.90 Å². The summed E-state index contributed by atoms with van der Waals surface area (Å²) in [6.07, 6.45) is 3.19. The third kappa shape index (κ3) is 10.3. The van der Waals surface area contributed by atoms with E-state index < -0.39 is 0 Å². The van der Waals surface area contributed by atoms with Crippen LogP contribution in [-0.4, -0.2) is 63.4 Å². The van der Waals surface area contributed by atoms with Crippen molar-refractivity contribution >= 4 is 29.9 Å². The molecule has 1 saturated heterocycles. The van der Waals surface area contributed by atoms with Crippen molar-refractivity contribution in [3.8, 4) is 5.75 Å². The van der Waals surface area contributed by atoms with Gasteiger partial charge in [-0.15, -0.1) is 24.0 Å². The number of aliphatic imine (C=N–C) groups is 1. The van der Waals surface area contributed by atoms with Gasteiger partial charge in [-0.25, -0.2) is 4.99 Å². The maximum absolute atomic E-state index is 6.02. The minimum absolute atomic E-state index is 0. The monoisotopic (exact) mass is 566 g/mol. The van der Waals surface area contributed by atoms with E-state index in [4.69, 9.17) is 14.5 Å². The van der Waals surface area contributed by atoms with Gasteiger partial charge in [0.1, 0.15) is 12.4 Å². The van der Waals surface area contributed by atoms with Gasteiger partial charge in [0.2, 0.25) is 0 Å². The molecule has 0 unspecified atom stereocenters. The average Bonchev–Trinajstić information content (AvgIpc) is 2.84. The second-order valence-corrected chi connectivity index (χ2v) is 8.18. The smallest absolute Gasteiger partial charge is 0.191 e. The van der Waals surface area contributed by atoms with E-state index in [1.165, 1.54) is 5.56 Å². The summed E-state index contributed by atoms with van der Waals surface area (Å²) in [5.41, 5.74) is 2.46. The van der Waals surface area contributed by atoms with Crippen molar-refractivity contribution in [2.75, 3.05) is 46.5 Å². The van der Waals surface area contributed by atoms with Gasteiger partial charge in [-0.1, -0.05) is 42.5 Å². The zero-order chi connectivity index (χ0) is 22.4. The first kappa shape index (κ1) is 27.4. The Bertz CT molecular complexity index is 813. The molecule has 1 fully saturated rings. The summed E-state index contributed by atoms with van der Waals surface area (Å²) in [4.78, 5) is 7.13. The molecule has 0 radical (unpaired) electrons. The Morgan fingerprint density at radius 1 is 1.06 bits per heavy atom. The van der Waals surface area contributed by atoms with Crippen LogP contribution in [0.2, 0.25) is 0 Å². The number of hydrogen-bond acceptors (Lipinski definition) is 4. The molecule has 2 aromatic rings. The summed E-state index contributed by atoms with van der Waals surface area (Å²) >= 11 is 0. The van der Waals surface area contributed by atoms with Gasteiger partial charge < -0.3 is 20.1 Å². The number of nitrogens with one attached hydrogen (secondary N) is 2. The van der Waals surface area contributed by atoms with Crippen LogP contribution in [-0.2, 0) is 17.7 Å². The predicted octanol–water partition coefficient (Wildman–Crippen LogP) is 4.09. The normalized spacial score (nSPS) is 14.6. The van der Waals surface area contributed by atoms with E-state index in [0.29, 0.717) is 19.2 Å². The highest BCUT2D eigenvalue weighted by atomic mass is 127. The van der Waals surface area contributed by atoms with E-state index in [9.17, 15) is 0 Å². The molecule has 0 saturated carbocycles. The molecule has 0 aromatic heterocycles. The summed E-state index contributed by atoms with van der Waals surface area (Å²) < 4.78 is 11.5. The largest absolute Gasteiger partial charge is 0.492 e. The fourth-order valence-electron chi connectivity index (χ4n) is 3.83. The van der Waals surface area contributed by atoms with E-state index in [-0.39, 0.29) is 24.0 Å². The Balaban J connectivity index is 0.00000385. The molecular formula is C26H39IN4O2. The lowest BCUT2D eigenvalue weighted by Gasteiger charge is -2.31. The molecule has 3 rings (SSSR count). The SMILES string of the molecule is CCNC(=NCc1cccc(OCCN(C)C2CCOCC2)c1)NCCc1ccccc1.I. The molecule has 2 N–H and O–H groups in total. The fraction of sp³-hybridized carbons (Fsp3) is 0.500. The first-order valence-electron chi connectivity index (χ1n) is 11.8. The van der Waals surface area contributed by atoms with Crippen molar-refractivity contribution in [2.24, 2.45) is 4.99 Å². The lowest BCUT2D eigenvalue weighted by atomic mass is 10.1. The molecule has 0 atom stereocenters.